The zero-order valence-corrected chi connectivity index (χ0v) is 20.6. The molecule has 0 amide bonds. The number of pyridine rings is 2. The summed E-state index contributed by atoms with van der Waals surface area (Å²) in [7, 11) is 0. The predicted octanol–water partition coefficient (Wildman–Crippen LogP) is 6.86. The first kappa shape index (κ1) is 22.7. The van der Waals surface area contributed by atoms with Crippen LogP contribution < -0.4 is 0 Å². The summed E-state index contributed by atoms with van der Waals surface area (Å²) < 4.78 is 5.90. The normalized spacial score (nSPS) is 11.3. The van der Waals surface area contributed by atoms with Gasteiger partial charge in [-0.3, -0.25) is 4.98 Å². The molecule has 0 spiro atoms. The van der Waals surface area contributed by atoms with Gasteiger partial charge in [0.25, 0.3) is 0 Å². The smallest absolute Gasteiger partial charge is 0.354 e. The molecule has 0 atom stereocenters. The van der Waals surface area contributed by atoms with Crippen LogP contribution in [-0.4, -0.2) is 21.0 Å². The van der Waals surface area contributed by atoms with Gasteiger partial charge in [0.15, 0.2) is 0 Å². The van der Waals surface area contributed by atoms with Gasteiger partial charge in [-0.2, -0.15) is 0 Å². The van der Waals surface area contributed by atoms with Crippen molar-refractivity contribution in [3.8, 4) is 11.3 Å². The summed E-state index contributed by atoms with van der Waals surface area (Å²) in [5, 5.41) is 11.8. The molecule has 6 aromatic rings. The number of fused-ring (bicyclic) bond motifs is 3. The van der Waals surface area contributed by atoms with Gasteiger partial charge in [-0.1, -0.05) is 60.0 Å². The summed E-state index contributed by atoms with van der Waals surface area (Å²) in [6, 6.07) is 28.7. The fourth-order valence-electron chi connectivity index (χ4n) is 4.24. The van der Waals surface area contributed by atoms with Crippen molar-refractivity contribution in [2.75, 3.05) is 0 Å². The van der Waals surface area contributed by atoms with Crippen molar-refractivity contribution in [3.63, 3.8) is 0 Å². The van der Waals surface area contributed by atoms with Crippen molar-refractivity contribution in [2.45, 2.75) is 0 Å². The summed E-state index contributed by atoms with van der Waals surface area (Å²) >= 11 is 0. The van der Waals surface area contributed by atoms with Gasteiger partial charge >= 0.3 is 5.97 Å². The molecule has 3 aromatic heterocycles. The van der Waals surface area contributed by atoms with E-state index in [-0.39, 0.29) is 25.8 Å². The van der Waals surface area contributed by atoms with E-state index < -0.39 is 5.97 Å². The molecular weight excluding hydrogens is 617 g/mol. The molecule has 1 aliphatic rings. The molecule has 1 radical (unpaired) electrons. The molecule has 0 bridgehead atoms. The van der Waals surface area contributed by atoms with Gasteiger partial charge in [-0.25, -0.2) is 9.78 Å². The van der Waals surface area contributed by atoms with Crippen LogP contribution in [0, 0.1) is 6.07 Å². The molecule has 1 N–H and O–H groups in total. The third-order valence-electron chi connectivity index (χ3n) is 5.81. The molecule has 0 unspecified atom stereocenters. The second kappa shape index (κ2) is 9.26. The molecule has 3 heterocycles. The summed E-state index contributed by atoms with van der Waals surface area (Å²) in [6.07, 6.45) is 5.76. The van der Waals surface area contributed by atoms with Crippen LogP contribution in [0.2, 0.25) is 0 Å². The molecule has 0 aliphatic heterocycles. The number of aromatic nitrogens is 2. The second-order valence-corrected chi connectivity index (χ2v) is 7.91. The van der Waals surface area contributed by atoms with Gasteiger partial charge in [-0.05, 0) is 41.1 Å². The van der Waals surface area contributed by atoms with E-state index in [2.05, 4.69) is 59.6 Å². The van der Waals surface area contributed by atoms with Crippen LogP contribution in [0.25, 0.3) is 56.3 Å². The van der Waals surface area contributed by atoms with Crippen molar-refractivity contribution >= 4 is 51.0 Å². The number of furan rings is 1. The molecule has 171 valence electrons. The van der Waals surface area contributed by atoms with Crippen molar-refractivity contribution in [1.29, 1.82) is 0 Å². The van der Waals surface area contributed by atoms with E-state index >= 15 is 0 Å². The predicted molar refractivity (Wildman–Crippen MR) is 133 cm³/mol. The van der Waals surface area contributed by atoms with Crippen molar-refractivity contribution in [1.82, 2.24) is 9.97 Å². The topological polar surface area (TPSA) is 76.2 Å². The number of hydrogen-bond acceptors (Lipinski definition) is 4. The number of hydrogen-bond donors (Lipinski definition) is 1. The Morgan fingerprint density at radius 2 is 1.69 bits per heavy atom. The average Bonchev–Trinajstić information content (AvgIpc) is 3.47. The van der Waals surface area contributed by atoms with Crippen LogP contribution in [0.3, 0.4) is 0 Å². The monoisotopic (exact) mass is 634 g/mol. The SMILES string of the molecule is O=C(O)c1ccccn1.[Ir].[c-]1cc2oc3ccccc3c2cc1-c1cc2c3c(cccc3n1)C=C2. The third-order valence-corrected chi connectivity index (χ3v) is 5.81. The molecule has 0 saturated heterocycles. The Balaban J connectivity index is 0.000000217. The van der Waals surface area contributed by atoms with Crippen LogP contribution in [0.15, 0.2) is 89.5 Å². The number of carboxylic acid groups (broad SMARTS) is 1. The molecular formula is C29H17IrN2O3-. The van der Waals surface area contributed by atoms with Crippen LogP contribution in [0.5, 0.6) is 0 Å². The number of benzene rings is 3. The van der Waals surface area contributed by atoms with Gasteiger partial charge < -0.3 is 9.52 Å². The van der Waals surface area contributed by atoms with Gasteiger partial charge in [0, 0.05) is 37.1 Å². The minimum absolute atomic E-state index is 0. The number of carboxylic acids is 1. The van der Waals surface area contributed by atoms with Gasteiger partial charge in [0.05, 0.1) is 11.1 Å². The van der Waals surface area contributed by atoms with E-state index in [4.69, 9.17) is 14.5 Å². The Kier molecular flexibility index (Phi) is 5.99. The van der Waals surface area contributed by atoms with E-state index in [1.807, 2.05) is 24.3 Å². The van der Waals surface area contributed by atoms with Crippen LogP contribution >= 0.6 is 0 Å². The Hall–Kier alpha value is -4.12. The number of aromatic carboxylic acids is 1. The maximum absolute atomic E-state index is 10.1. The summed E-state index contributed by atoms with van der Waals surface area (Å²) in [5.74, 6) is -0.990. The average molecular weight is 634 g/mol. The van der Waals surface area contributed by atoms with E-state index in [1.165, 1.54) is 28.8 Å². The van der Waals surface area contributed by atoms with Gasteiger partial charge in [0.2, 0.25) is 0 Å². The number of para-hydroxylation sites is 1. The molecule has 1 aliphatic carbocycles. The Labute approximate surface area is 214 Å². The van der Waals surface area contributed by atoms with E-state index in [0.717, 1.165) is 38.7 Å². The second-order valence-electron chi connectivity index (χ2n) is 7.91. The standard InChI is InChI=1S/C23H12NO.C6H5NO2.Ir/c1-2-7-21-17(5-1)18-12-15(10-11-22(18)25-21)20-13-16-9-8-14-4-3-6-19(24-20)23(14)16;8-6(9)5-3-1-2-4-7-5;/h1-9,11-13H;1-4H,(H,8,9);/q-1;;. The molecule has 0 saturated carbocycles. The minimum Gasteiger partial charge on any atom is -0.500 e. The largest absolute Gasteiger partial charge is 0.500 e. The first-order valence-electron chi connectivity index (χ1n) is 10.8. The van der Waals surface area contributed by atoms with Gasteiger partial charge in [0.1, 0.15) is 11.3 Å². The van der Waals surface area contributed by atoms with Crippen molar-refractivity contribution in [3.05, 3.63) is 108 Å². The third kappa shape index (κ3) is 4.14. The first-order chi connectivity index (χ1) is 16.7. The number of nitrogens with zero attached hydrogens (tertiary/aromatic N) is 2. The summed E-state index contributed by atoms with van der Waals surface area (Å²) in [5.41, 5.74) is 7.27. The number of carbonyl (C=O) groups is 1. The van der Waals surface area contributed by atoms with E-state index in [0.29, 0.717) is 0 Å². The fourth-order valence-corrected chi connectivity index (χ4v) is 4.24. The quantitative estimate of drug-likeness (QED) is 0.211. The molecule has 7 rings (SSSR count). The van der Waals surface area contributed by atoms with Crippen LogP contribution in [-0.2, 0) is 20.1 Å². The Morgan fingerprint density at radius 3 is 2.49 bits per heavy atom. The Bertz CT molecular complexity index is 1740. The van der Waals surface area contributed by atoms with Crippen molar-refractivity contribution < 1.29 is 34.4 Å². The zero-order valence-electron chi connectivity index (χ0n) is 18.2. The van der Waals surface area contributed by atoms with Crippen LogP contribution in [0.4, 0.5) is 0 Å². The molecule has 35 heavy (non-hydrogen) atoms. The molecule has 6 heteroatoms. The molecule has 5 nitrogen and oxygen atoms in total. The van der Waals surface area contributed by atoms with E-state index in [1.54, 1.807) is 12.1 Å². The maximum Gasteiger partial charge on any atom is 0.354 e. The minimum atomic E-state index is -0.990. The Morgan fingerprint density at radius 1 is 0.857 bits per heavy atom. The fraction of sp³-hybridized carbons (Fsp3) is 0. The zero-order chi connectivity index (χ0) is 23.1. The summed E-state index contributed by atoms with van der Waals surface area (Å²) in [6.45, 7) is 0. The van der Waals surface area contributed by atoms with Gasteiger partial charge in [-0.15, -0.1) is 23.8 Å². The van der Waals surface area contributed by atoms with E-state index in [9.17, 15) is 4.79 Å². The van der Waals surface area contributed by atoms with Crippen molar-refractivity contribution in [2.24, 2.45) is 0 Å². The summed E-state index contributed by atoms with van der Waals surface area (Å²) in [4.78, 5) is 18.6. The number of rotatable bonds is 2. The molecule has 3 aromatic carbocycles. The molecule has 0 fully saturated rings. The first-order valence-corrected chi connectivity index (χ1v) is 10.8. The van der Waals surface area contributed by atoms with Crippen LogP contribution in [0.1, 0.15) is 21.6 Å². The maximum atomic E-state index is 10.1.